The third-order valence-electron chi connectivity index (χ3n) is 4.67. The zero-order valence-corrected chi connectivity index (χ0v) is 13.1. The van der Waals surface area contributed by atoms with E-state index in [2.05, 4.69) is 5.32 Å². The molecule has 3 rings (SSSR count). The van der Waals surface area contributed by atoms with Gasteiger partial charge in [-0.1, -0.05) is 0 Å². The van der Waals surface area contributed by atoms with Crippen LogP contribution in [0.5, 0.6) is 0 Å². The Morgan fingerprint density at radius 2 is 1.81 bits per heavy atom. The van der Waals surface area contributed by atoms with E-state index < -0.39 is 10.0 Å². The van der Waals surface area contributed by atoms with E-state index >= 15 is 0 Å². The van der Waals surface area contributed by atoms with Gasteiger partial charge in [0.2, 0.25) is 10.0 Å². The summed E-state index contributed by atoms with van der Waals surface area (Å²) in [5, 5.41) is 8.67. The van der Waals surface area contributed by atoms with E-state index in [1.807, 2.05) is 0 Å². The molecule has 21 heavy (non-hydrogen) atoms. The Balaban J connectivity index is 1.80. The van der Waals surface area contributed by atoms with E-state index in [1.165, 1.54) is 31.7 Å². The first-order valence-electron chi connectivity index (χ1n) is 7.53. The SMILES string of the molecule is Cc1c(NCC(C2CC2)C2CC2)cc(N)cc1S(N)(=O)=O. The predicted octanol–water partition coefficient (Wildman–Crippen LogP) is 2.07. The van der Waals surface area contributed by atoms with Gasteiger partial charge < -0.3 is 11.1 Å². The van der Waals surface area contributed by atoms with Gasteiger partial charge in [-0.05, 0) is 68.1 Å². The zero-order chi connectivity index (χ0) is 15.2. The van der Waals surface area contributed by atoms with Crippen LogP contribution >= 0.6 is 0 Å². The fourth-order valence-corrected chi connectivity index (χ4v) is 4.02. The number of hydrogen-bond acceptors (Lipinski definition) is 4. The molecule has 2 fully saturated rings. The summed E-state index contributed by atoms with van der Waals surface area (Å²) in [7, 11) is -3.75. The van der Waals surface area contributed by atoms with Crippen LogP contribution in [0.2, 0.25) is 0 Å². The van der Waals surface area contributed by atoms with Gasteiger partial charge in [0.05, 0.1) is 4.90 Å². The smallest absolute Gasteiger partial charge is 0.238 e. The Bertz CT molecular complexity index is 637. The van der Waals surface area contributed by atoms with Crippen molar-refractivity contribution in [3.63, 3.8) is 0 Å². The van der Waals surface area contributed by atoms with Crippen molar-refractivity contribution >= 4 is 21.4 Å². The molecule has 1 aromatic rings. The molecule has 5 nitrogen and oxygen atoms in total. The maximum Gasteiger partial charge on any atom is 0.238 e. The van der Waals surface area contributed by atoms with E-state index in [4.69, 9.17) is 10.9 Å². The lowest BCUT2D eigenvalue weighted by Gasteiger charge is -2.19. The Labute approximate surface area is 126 Å². The lowest BCUT2D eigenvalue weighted by molar-refractivity contribution is 0.428. The molecule has 0 heterocycles. The summed E-state index contributed by atoms with van der Waals surface area (Å²) in [4.78, 5) is 0.111. The van der Waals surface area contributed by atoms with Crippen LogP contribution in [0.25, 0.3) is 0 Å². The molecule has 1 aromatic carbocycles. The first-order valence-corrected chi connectivity index (χ1v) is 9.07. The van der Waals surface area contributed by atoms with Crippen molar-refractivity contribution in [3.8, 4) is 0 Å². The molecule has 2 saturated carbocycles. The van der Waals surface area contributed by atoms with Crippen LogP contribution in [0.1, 0.15) is 31.2 Å². The van der Waals surface area contributed by atoms with Crippen molar-refractivity contribution < 1.29 is 8.42 Å². The van der Waals surface area contributed by atoms with Crippen LogP contribution in [-0.2, 0) is 10.0 Å². The Morgan fingerprint density at radius 1 is 1.24 bits per heavy atom. The van der Waals surface area contributed by atoms with Gasteiger partial charge in [-0.2, -0.15) is 0 Å². The van der Waals surface area contributed by atoms with Gasteiger partial charge in [-0.15, -0.1) is 0 Å². The van der Waals surface area contributed by atoms with Gasteiger partial charge in [-0.3, -0.25) is 0 Å². The quantitative estimate of drug-likeness (QED) is 0.701. The van der Waals surface area contributed by atoms with Gasteiger partial charge in [0.25, 0.3) is 0 Å². The molecule has 2 aliphatic rings. The average Bonchev–Trinajstić information content (AvgIpc) is 3.24. The van der Waals surface area contributed by atoms with Gasteiger partial charge in [0.15, 0.2) is 0 Å². The summed E-state index contributed by atoms with van der Waals surface area (Å²) in [6.07, 6.45) is 5.34. The van der Waals surface area contributed by atoms with Gasteiger partial charge >= 0.3 is 0 Å². The molecule has 0 amide bonds. The highest BCUT2D eigenvalue weighted by molar-refractivity contribution is 7.89. The number of rotatable bonds is 6. The zero-order valence-electron chi connectivity index (χ0n) is 12.3. The second-order valence-electron chi connectivity index (χ2n) is 6.46. The van der Waals surface area contributed by atoms with E-state index in [9.17, 15) is 8.42 Å². The van der Waals surface area contributed by atoms with Crippen molar-refractivity contribution in [1.29, 1.82) is 0 Å². The summed E-state index contributed by atoms with van der Waals surface area (Å²) in [5.41, 5.74) is 7.67. The Morgan fingerprint density at radius 3 is 2.29 bits per heavy atom. The van der Waals surface area contributed by atoms with E-state index in [-0.39, 0.29) is 4.90 Å². The molecule has 116 valence electrons. The number of hydrogen-bond donors (Lipinski definition) is 3. The molecule has 0 unspecified atom stereocenters. The number of primary sulfonamides is 1. The van der Waals surface area contributed by atoms with Gasteiger partial charge in [-0.25, -0.2) is 13.6 Å². The van der Waals surface area contributed by atoms with E-state index in [0.29, 0.717) is 17.2 Å². The Kier molecular flexibility index (Phi) is 3.61. The van der Waals surface area contributed by atoms with Crippen LogP contribution < -0.4 is 16.2 Å². The number of benzene rings is 1. The molecule has 6 heteroatoms. The van der Waals surface area contributed by atoms with Crippen molar-refractivity contribution in [2.45, 2.75) is 37.5 Å². The second kappa shape index (κ2) is 5.18. The van der Waals surface area contributed by atoms with Crippen LogP contribution in [0.15, 0.2) is 17.0 Å². The molecule has 0 saturated heterocycles. The third-order valence-corrected chi connectivity index (χ3v) is 5.71. The van der Waals surface area contributed by atoms with Crippen molar-refractivity contribution in [1.82, 2.24) is 0 Å². The van der Waals surface area contributed by atoms with Crippen LogP contribution in [0.3, 0.4) is 0 Å². The van der Waals surface area contributed by atoms with Crippen LogP contribution in [0.4, 0.5) is 11.4 Å². The lowest BCUT2D eigenvalue weighted by atomic mass is 9.97. The molecule has 0 atom stereocenters. The summed E-state index contributed by atoms with van der Waals surface area (Å²) in [6.45, 7) is 2.66. The minimum atomic E-state index is -3.75. The highest BCUT2D eigenvalue weighted by atomic mass is 32.2. The fourth-order valence-electron chi connectivity index (χ4n) is 3.18. The fraction of sp³-hybridized carbons (Fsp3) is 0.600. The van der Waals surface area contributed by atoms with Crippen LogP contribution in [-0.4, -0.2) is 15.0 Å². The maximum absolute atomic E-state index is 11.6. The molecule has 0 radical (unpaired) electrons. The summed E-state index contributed by atoms with van der Waals surface area (Å²) in [5.74, 6) is 2.41. The first kappa shape index (κ1) is 14.7. The maximum atomic E-state index is 11.6. The molecule has 2 aliphatic carbocycles. The monoisotopic (exact) mass is 309 g/mol. The highest BCUT2D eigenvalue weighted by Crippen LogP contribution is 2.49. The lowest BCUT2D eigenvalue weighted by Crippen LogP contribution is -2.20. The predicted molar refractivity (Wildman–Crippen MR) is 84.4 cm³/mol. The average molecular weight is 309 g/mol. The molecule has 0 aromatic heterocycles. The van der Waals surface area contributed by atoms with Crippen molar-refractivity contribution in [2.24, 2.45) is 22.9 Å². The molecule has 0 aliphatic heterocycles. The van der Waals surface area contributed by atoms with Gasteiger partial charge in [0, 0.05) is 17.9 Å². The summed E-state index contributed by atoms with van der Waals surface area (Å²) >= 11 is 0. The number of anilines is 2. The van der Waals surface area contributed by atoms with E-state index in [1.54, 1.807) is 13.0 Å². The molecular weight excluding hydrogens is 286 g/mol. The molecule has 0 spiro atoms. The standard InChI is InChI=1S/C15H23N3O2S/c1-9-14(6-12(16)7-15(9)21(17,19)20)18-8-13(10-2-3-10)11-4-5-11/h6-7,10-11,13,18H,2-5,8,16H2,1H3,(H2,17,19,20). The largest absolute Gasteiger partial charge is 0.399 e. The van der Waals surface area contributed by atoms with E-state index in [0.717, 1.165) is 24.1 Å². The number of sulfonamides is 1. The van der Waals surface area contributed by atoms with Crippen molar-refractivity contribution in [3.05, 3.63) is 17.7 Å². The third kappa shape index (κ3) is 3.32. The molecule has 5 N–H and O–H groups in total. The minimum absolute atomic E-state index is 0.111. The normalized spacial score (nSPS) is 19.0. The van der Waals surface area contributed by atoms with Crippen LogP contribution in [0, 0.1) is 24.7 Å². The number of nitrogen functional groups attached to an aromatic ring is 1. The second-order valence-corrected chi connectivity index (χ2v) is 7.99. The molecular formula is C15H23N3O2S. The minimum Gasteiger partial charge on any atom is -0.399 e. The Hall–Kier alpha value is -1.27. The first-order chi connectivity index (χ1) is 9.86. The topological polar surface area (TPSA) is 98.2 Å². The summed E-state index contributed by atoms with van der Waals surface area (Å²) in [6, 6.07) is 3.22. The number of nitrogens with one attached hydrogen (secondary N) is 1. The van der Waals surface area contributed by atoms with Gasteiger partial charge in [0.1, 0.15) is 0 Å². The van der Waals surface area contributed by atoms with Crippen molar-refractivity contribution in [2.75, 3.05) is 17.6 Å². The highest BCUT2D eigenvalue weighted by Gasteiger charge is 2.41. The molecule has 0 bridgehead atoms. The number of nitrogens with two attached hydrogens (primary N) is 2. The summed E-state index contributed by atoms with van der Waals surface area (Å²) < 4.78 is 23.3.